The molecule has 1 amide bonds. The molecule has 1 N–H and O–H groups in total. The number of carbonyl (C=O) groups is 1. The standard InChI is InChI=1S/C23H29ClN2O5S/c1-15(2)16-7-9-21(31-4)22(12-16)32(28,29)26-11-5-6-17(14-26)23(27)25-18-8-10-20(30-3)19(24)13-18/h7-10,12-13,15,17H,5-6,11,14H2,1-4H3,(H,25,27)/t17-/m0/s1. The predicted octanol–water partition coefficient (Wildman–Crippen LogP) is 4.52. The average Bonchev–Trinajstić information content (AvgIpc) is 2.78. The fraction of sp³-hybridized carbons (Fsp3) is 0.435. The summed E-state index contributed by atoms with van der Waals surface area (Å²) in [5, 5.41) is 3.22. The van der Waals surface area contributed by atoms with Gasteiger partial charge in [0.1, 0.15) is 16.4 Å². The highest BCUT2D eigenvalue weighted by Crippen LogP contribution is 2.33. The van der Waals surface area contributed by atoms with Crippen LogP contribution in [0.4, 0.5) is 5.69 Å². The van der Waals surface area contributed by atoms with E-state index in [0.29, 0.717) is 41.6 Å². The number of anilines is 1. The molecule has 0 spiro atoms. The van der Waals surface area contributed by atoms with Crippen molar-refractivity contribution in [2.24, 2.45) is 5.92 Å². The number of rotatable bonds is 7. The summed E-state index contributed by atoms with van der Waals surface area (Å²) < 4.78 is 38.8. The molecular weight excluding hydrogens is 452 g/mol. The Kier molecular flexibility index (Phi) is 7.69. The summed E-state index contributed by atoms with van der Waals surface area (Å²) in [6.07, 6.45) is 1.19. The lowest BCUT2D eigenvalue weighted by Gasteiger charge is -2.31. The zero-order valence-electron chi connectivity index (χ0n) is 18.7. The molecule has 0 radical (unpaired) electrons. The fourth-order valence-electron chi connectivity index (χ4n) is 3.76. The van der Waals surface area contributed by atoms with Gasteiger partial charge in [-0.3, -0.25) is 4.79 Å². The molecule has 32 heavy (non-hydrogen) atoms. The van der Waals surface area contributed by atoms with E-state index in [1.54, 1.807) is 30.3 Å². The molecule has 3 rings (SSSR count). The van der Waals surface area contributed by atoms with Gasteiger partial charge < -0.3 is 14.8 Å². The highest BCUT2D eigenvalue weighted by molar-refractivity contribution is 7.89. The van der Waals surface area contributed by atoms with Crippen LogP contribution in [0, 0.1) is 5.92 Å². The first-order valence-corrected chi connectivity index (χ1v) is 12.3. The molecule has 9 heteroatoms. The van der Waals surface area contributed by atoms with Crippen LogP contribution >= 0.6 is 11.6 Å². The second-order valence-electron chi connectivity index (χ2n) is 8.11. The Bertz CT molecular complexity index is 1090. The molecule has 1 aliphatic rings. The largest absolute Gasteiger partial charge is 0.495 e. The third-order valence-corrected chi connectivity index (χ3v) is 7.83. The Morgan fingerprint density at radius 1 is 1.12 bits per heavy atom. The molecule has 7 nitrogen and oxygen atoms in total. The van der Waals surface area contributed by atoms with Gasteiger partial charge in [-0.05, 0) is 54.7 Å². The van der Waals surface area contributed by atoms with Crippen LogP contribution in [-0.4, -0.2) is 45.9 Å². The number of ether oxygens (including phenoxy) is 2. The normalized spacial score (nSPS) is 17.2. The van der Waals surface area contributed by atoms with E-state index >= 15 is 0 Å². The van der Waals surface area contributed by atoms with Gasteiger partial charge in [-0.25, -0.2) is 8.42 Å². The van der Waals surface area contributed by atoms with Crippen LogP contribution < -0.4 is 14.8 Å². The van der Waals surface area contributed by atoms with Crippen LogP contribution in [-0.2, 0) is 14.8 Å². The first kappa shape index (κ1) is 24.4. The first-order valence-electron chi connectivity index (χ1n) is 10.5. The number of nitrogens with zero attached hydrogens (tertiary/aromatic N) is 1. The van der Waals surface area contributed by atoms with Gasteiger partial charge in [-0.15, -0.1) is 0 Å². The minimum Gasteiger partial charge on any atom is -0.495 e. The SMILES string of the molecule is COc1ccc(NC(=O)[C@H]2CCCN(S(=O)(=O)c3cc(C(C)C)ccc3OC)C2)cc1Cl. The van der Waals surface area contributed by atoms with E-state index in [-0.39, 0.29) is 23.3 Å². The number of methoxy groups -OCH3 is 2. The molecule has 1 aliphatic heterocycles. The Morgan fingerprint density at radius 2 is 1.81 bits per heavy atom. The quantitative estimate of drug-likeness (QED) is 0.629. The van der Waals surface area contributed by atoms with Gasteiger partial charge in [0, 0.05) is 18.8 Å². The molecule has 0 bridgehead atoms. The van der Waals surface area contributed by atoms with Crippen LogP contribution in [0.1, 0.15) is 38.2 Å². The summed E-state index contributed by atoms with van der Waals surface area (Å²) in [7, 11) is -0.855. The van der Waals surface area contributed by atoms with E-state index in [2.05, 4.69) is 5.32 Å². The van der Waals surface area contributed by atoms with Gasteiger partial charge in [0.05, 0.1) is 25.2 Å². The first-order chi connectivity index (χ1) is 15.2. The van der Waals surface area contributed by atoms with E-state index in [1.165, 1.54) is 18.5 Å². The summed E-state index contributed by atoms with van der Waals surface area (Å²) in [5.74, 6) is 0.268. The molecule has 0 aromatic heterocycles. The van der Waals surface area contributed by atoms with Crippen molar-refractivity contribution in [3.05, 3.63) is 47.0 Å². The Balaban J connectivity index is 1.80. The number of carbonyl (C=O) groups excluding carboxylic acids is 1. The van der Waals surface area contributed by atoms with Crippen molar-refractivity contribution in [1.29, 1.82) is 0 Å². The number of halogens is 1. The van der Waals surface area contributed by atoms with E-state index in [4.69, 9.17) is 21.1 Å². The van der Waals surface area contributed by atoms with Crippen LogP contribution in [0.5, 0.6) is 11.5 Å². The minimum atomic E-state index is -3.83. The van der Waals surface area contributed by atoms with Crippen molar-refractivity contribution in [1.82, 2.24) is 4.31 Å². The Morgan fingerprint density at radius 3 is 2.44 bits per heavy atom. The minimum absolute atomic E-state index is 0.104. The number of hydrogen-bond acceptors (Lipinski definition) is 5. The van der Waals surface area contributed by atoms with Crippen LogP contribution in [0.3, 0.4) is 0 Å². The summed E-state index contributed by atoms with van der Waals surface area (Å²) in [6, 6.07) is 10.2. The van der Waals surface area contributed by atoms with Crippen LogP contribution in [0.2, 0.25) is 5.02 Å². The van der Waals surface area contributed by atoms with Crippen molar-refractivity contribution in [3.63, 3.8) is 0 Å². The molecule has 1 saturated heterocycles. The second kappa shape index (κ2) is 10.1. The molecule has 0 unspecified atom stereocenters. The third-order valence-electron chi connectivity index (χ3n) is 5.65. The number of benzene rings is 2. The van der Waals surface area contributed by atoms with Crippen LogP contribution in [0.25, 0.3) is 0 Å². The molecule has 1 heterocycles. The summed E-state index contributed by atoms with van der Waals surface area (Å²) in [5.41, 5.74) is 1.44. The van der Waals surface area contributed by atoms with Gasteiger partial charge in [0.2, 0.25) is 15.9 Å². The van der Waals surface area contributed by atoms with Crippen molar-refractivity contribution in [2.45, 2.75) is 37.5 Å². The van der Waals surface area contributed by atoms with Crippen molar-refractivity contribution < 1.29 is 22.7 Å². The molecule has 1 atom stereocenters. The zero-order valence-corrected chi connectivity index (χ0v) is 20.3. The van der Waals surface area contributed by atoms with E-state index < -0.39 is 15.9 Å². The van der Waals surface area contributed by atoms with Crippen molar-refractivity contribution in [2.75, 3.05) is 32.6 Å². The van der Waals surface area contributed by atoms with Gasteiger partial charge in [-0.2, -0.15) is 4.31 Å². The fourth-order valence-corrected chi connectivity index (χ4v) is 5.73. The molecule has 2 aromatic carbocycles. The topological polar surface area (TPSA) is 84.9 Å². The smallest absolute Gasteiger partial charge is 0.246 e. The summed E-state index contributed by atoms with van der Waals surface area (Å²) in [6.45, 7) is 4.47. The van der Waals surface area contributed by atoms with Crippen molar-refractivity contribution >= 4 is 33.2 Å². The second-order valence-corrected chi connectivity index (χ2v) is 10.4. The molecular formula is C23H29ClN2O5S. The lowest BCUT2D eigenvalue weighted by Crippen LogP contribution is -2.43. The van der Waals surface area contributed by atoms with Gasteiger partial charge in [-0.1, -0.05) is 31.5 Å². The number of nitrogens with one attached hydrogen (secondary N) is 1. The van der Waals surface area contributed by atoms with Gasteiger partial charge in [0.25, 0.3) is 0 Å². The van der Waals surface area contributed by atoms with E-state index in [0.717, 1.165) is 5.56 Å². The number of amides is 1. The highest BCUT2D eigenvalue weighted by Gasteiger charge is 2.35. The number of piperidine rings is 1. The van der Waals surface area contributed by atoms with Crippen molar-refractivity contribution in [3.8, 4) is 11.5 Å². The summed E-state index contributed by atoms with van der Waals surface area (Å²) in [4.78, 5) is 13.0. The summed E-state index contributed by atoms with van der Waals surface area (Å²) >= 11 is 6.14. The lowest BCUT2D eigenvalue weighted by molar-refractivity contribution is -0.120. The molecule has 2 aromatic rings. The predicted molar refractivity (Wildman–Crippen MR) is 125 cm³/mol. The maximum atomic E-state index is 13.5. The Hall–Kier alpha value is -2.29. The number of sulfonamides is 1. The maximum Gasteiger partial charge on any atom is 0.246 e. The van der Waals surface area contributed by atoms with E-state index in [1.807, 2.05) is 19.9 Å². The lowest BCUT2D eigenvalue weighted by atomic mass is 9.98. The molecule has 0 saturated carbocycles. The monoisotopic (exact) mass is 480 g/mol. The molecule has 0 aliphatic carbocycles. The number of hydrogen-bond donors (Lipinski definition) is 1. The third kappa shape index (κ3) is 5.19. The van der Waals surface area contributed by atoms with E-state index in [9.17, 15) is 13.2 Å². The maximum absolute atomic E-state index is 13.5. The zero-order chi connectivity index (χ0) is 23.5. The van der Waals surface area contributed by atoms with Gasteiger partial charge in [0.15, 0.2) is 0 Å². The Labute approximate surface area is 194 Å². The van der Waals surface area contributed by atoms with Crippen LogP contribution in [0.15, 0.2) is 41.3 Å². The molecule has 174 valence electrons. The van der Waals surface area contributed by atoms with Gasteiger partial charge >= 0.3 is 0 Å². The molecule has 1 fully saturated rings. The highest BCUT2D eigenvalue weighted by atomic mass is 35.5. The average molecular weight is 481 g/mol.